The van der Waals surface area contributed by atoms with E-state index in [-0.39, 0.29) is 30.2 Å². The predicted octanol–water partition coefficient (Wildman–Crippen LogP) is 2.27. The molecule has 2 heterocycles. The SMILES string of the molecule is CCOC(=O)[C@@]1(n2cc(C)c(=O)[nH]c2=O)C[C@@H](CO[Si](c2ccccc2)(c2ccccc2)C(C)(C)C)N(C)O1. The van der Waals surface area contributed by atoms with Crippen LogP contribution in [0.5, 0.6) is 0 Å². The molecule has 2 aromatic carbocycles. The molecule has 4 rings (SSSR count). The Bertz CT molecular complexity index is 1380. The molecule has 0 unspecified atom stereocenters. The number of carbonyl (C=O) groups excluding carboxylic acids is 1. The molecule has 1 saturated heterocycles. The average molecular weight is 552 g/mol. The summed E-state index contributed by atoms with van der Waals surface area (Å²) in [6.45, 7) is 10.2. The summed E-state index contributed by atoms with van der Waals surface area (Å²) < 4.78 is 13.6. The predicted molar refractivity (Wildman–Crippen MR) is 151 cm³/mol. The highest BCUT2D eigenvalue weighted by Gasteiger charge is 2.56. The van der Waals surface area contributed by atoms with E-state index in [1.165, 1.54) is 6.20 Å². The first-order valence-corrected chi connectivity index (χ1v) is 15.0. The van der Waals surface area contributed by atoms with Crippen LogP contribution in [0.4, 0.5) is 0 Å². The number of hydrogen-bond donors (Lipinski definition) is 1. The summed E-state index contributed by atoms with van der Waals surface area (Å²) in [5.74, 6) is -0.710. The summed E-state index contributed by atoms with van der Waals surface area (Å²) in [4.78, 5) is 46.7. The van der Waals surface area contributed by atoms with Crippen LogP contribution in [0.15, 0.2) is 76.4 Å². The number of rotatable bonds is 8. The monoisotopic (exact) mass is 551 g/mol. The highest BCUT2D eigenvalue weighted by molar-refractivity contribution is 6.99. The number of aromatic amines is 1. The number of H-pyrrole nitrogens is 1. The molecule has 2 atom stereocenters. The minimum atomic E-state index is -2.86. The largest absolute Gasteiger partial charge is 0.462 e. The van der Waals surface area contributed by atoms with Crippen LogP contribution in [0.1, 0.15) is 39.7 Å². The molecule has 1 N–H and O–H groups in total. The molecule has 39 heavy (non-hydrogen) atoms. The molecule has 1 aromatic heterocycles. The van der Waals surface area contributed by atoms with Gasteiger partial charge in [-0.1, -0.05) is 81.4 Å². The third-order valence-corrected chi connectivity index (χ3v) is 12.3. The molecule has 9 nitrogen and oxygen atoms in total. The maximum atomic E-state index is 13.4. The molecule has 1 aliphatic rings. The van der Waals surface area contributed by atoms with Gasteiger partial charge >= 0.3 is 11.7 Å². The Morgan fingerprint density at radius 2 is 1.64 bits per heavy atom. The quantitative estimate of drug-likeness (QED) is 0.338. The molecule has 3 aromatic rings. The maximum Gasteiger partial charge on any atom is 0.362 e. The molecule has 0 aliphatic carbocycles. The van der Waals surface area contributed by atoms with Gasteiger partial charge in [0, 0.05) is 25.2 Å². The highest BCUT2D eigenvalue weighted by Crippen LogP contribution is 2.39. The van der Waals surface area contributed by atoms with Crippen LogP contribution in [-0.4, -0.2) is 55.2 Å². The van der Waals surface area contributed by atoms with Gasteiger partial charge in [0.15, 0.2) is 0 Å². The number of ether oxygens (including phenoxy) is 1. The molecular weight excluding hydrogens is 514 g/mol. The van der Waals surface area contributed by atoms with E-state index in [1.54, 1.807) is 26.0 Å². The fourth-order valence-corrected chi connectivity index (χ4v) is 9.98. The number of likely N-dealkylation sites (N-methyl/N-ethyl adjacent to an activating group) is 1. The molecule has 0 radical (unpaired) electrons. The van der Waals surface area contributed by atoms with Gasteiger partial charge in [0.1, 0.15) is 0 Å². The Labute approximate surface area is 229 Å². The van der Waals surface area contributed by atoms with Crippen molar-refractivity contribution in [3.63, 3.8) is 0 Å². The first kappa shape index (κ1) is 28.7. The van der Waals surface area contributed by atoms with Gasteiger partial charge in [-0.3, -0.25) is 19.2 Å². The minimum Gasteiger partial charge on any atom is -0.462 e. The molecule has 10 heteroatoms. The van der Waals surface area contributed by atoms with Crippen molar-refractivity contribution in [2.24, 2.45) is 0 Å². The van der Waals surface area contributed by atoms with Crippen LogP contribution in [-0.2, 0) is 24.5 Å². The topological polar surface area (TPSA) is 103 Å². The van der Waals surface area contributed by atoms with Gasteiger partial charge in [-0.05, 0) is 29.3 Å². The summed E-state index contributed by atoms with van der Waals surface area (Å²) in [6, 6.07) is 20.2. The van der Waals surface area contributed by atoms with Crippen molar-refractivity contribution in [3.8, 4) is 0 Å². The van der Waals surface area contributed by atoms with Crippen LogP contribution in [0.3, 0.4) is 0 Å². The van der Waals surface area contributed by atoms with E-state index in [0.717, 1.165) is 14.9 Å². The fourth-order valence-electron chi connectivity index (χ4n) is 5.38. The number of benzene rings is 2. The lowest BCUT2D eigenvalue weighted by Crippen LogP contribution is -2.67. The molecule has 0 saturated carbocycles. The molecule has 0 bridgehead atoms. The van der Waals surface area contributed by atoms with E-state index in [2.05, 4.69) is 50.0 Å². The zero-order chi connectivity index (χ0) is 28.4. The lowest BCUT2D eigenvalue weighted by molar-refractivity contribution is -0.238. The van der Waals surface area contributed by atoms with E-state index in [1.807, 2.05) is 36.4 Å². The van der Waals surface area contributed by atoms with Crippen molar-refractivity contribution in [3.05, 3.63) is 93.3 Å². The Morgan fingerprint density at radius 1 is 1.08 bits per heavy atom. The van der Waals surface area contributed by atoms with Crippen LogP contribution in [0, 0.1) is 6.92 Å². The van der Waals surface area contributed by atoms with E-state index < -0.39 is 37.3 Å². The van der Waals surface area contributed by atoms with E-state index >= 15 is 0 Å². The molecule has 0 spiro atoms. The third-order valence-electron chi connectivity index (χ3n) is 7.33. The van der Waals surface area contributed by atoms with Crippen LogP contribution in [0.2, 0.25) is 5.04 Å². The Hall–Kier alpha value is -3.31. The lowest BCUT2D eigenvalue weighted by Gasteiger charge is -2.43. The van der Waals surface area contributed by atoms with Gasteiger partial charge in [-0.2, -0.15) is 5.06 Å². The van der Waals surface area contributed by atoms with Crippen molar-refractivity contribution in [2.45, 2.75) is 57.8 Å². The van der Waals surface area contributed by atoms with Crippen molar-refractivity contribution in [1.29, 1.82) is 0 Å². The van der Waals surface area contributed by atoms with Gasteiger partial charge < -0.3 is 9.16 Å². The van der Waals surface area contributed by atoms with E-state index in [4.69, 9.17) is 14.0 Å². The number of carbonyl (C=O) groups is 1. The Balaban J connectivity index is 1.76. The molecule has 1 aliphatic heterocycles. The van der Waals surface area contributed by atoms with Crippen LogP contribution >= 0.6 is 0 Å². The van der Waals surface area contributed by atoms with Crippen LogP contribution < -0.4 is 21.6 Å². The number of nitrogens with one attached hydrogen (secondary N) is 1. The summed E-state index contributed by atoms with van der Waals surface area (Å²) in [5.41, 5.74) is -2.78. The lowest BCUT2D eigenvalue weighted by atomic mass is 10.0. The third kappa shape index (κ3) is 5.17. The van der Waals surface area contributed by atoms with Crippen molar-refractivity contribution < 1.29 is 18.8 Å². The minimum absolute atomic E-state index is 0.0892. The second-order valence-corrected chi connectivity index (χ2v) is 15.2. The standard InChI is InChI=1S/C29H37N3O6Si/c1-7-36-26(34)29(32-19-21(2)25(33)30-27(32)35)18-22(31(6)38-29)20-37-39(28(3,4)5,23-14-10-8-11-15-23)24-16-12-9-13-17-24/h8-17,19,22H,7,18,20H2,1-6H3,(H,30,33,35)/t22-,29+/m0/s1. The maximum absolute atomic E-state index is 13.4. The summed E-state index contributed by atoms with van der Waals surface area (Å²) >= 11 is 0. The van der Waals surface area contributed by atoms with Crippen molar-refractivity contribution in [1.82, 2.24) is 14.6 Å². The number of aryl methyl sites for hydroxylation is 1. The number of esters is 1. The van der Waals surface area contributed by atoms with Crippen molar-refractivity contribution >= 4 is 24.7 Å². The number of aromatic nitrogens is 2. The van der Waals surface area contributed by atoms with E-state index in [9.17, 15) is 14.4 Å². The second kappa shape index (κ2) is 11.0. The Kier molecular flexibility index (Phi) is 8.13. The van der Waals surface area contributed by atoms with Gasteiger partial charge in [0.25, 0.3) is 19.6 Å². The number of hydrogen-bond acceptors (Lipinski definition) is 7. The highest BCUT2D eigenvalue weighted by atomic mass is 28.4. The first-order valence-electron chi connectivity index (χ1n) is 13.1. The zero-order valence-corrected chi connectivity index (χ0v) is 24.4. The average Bonchev–Trinajstić information content (AvgIpc) is 3.24. The number of hydroxylamine groups is 2. The first-order chi connectivity index (χ1) is 18.5. The van der Waals surface area contributed by atoms with Gasteiger partial charge in [-0.15, -0.1) is 0 Å². The normalized spacial score (nSPS) is 20.2. The second-order valence-electron chi connectivity index (χ2n) is 10.9. The fraction of sp³-hybridized carbons (Fsp3) is 0.414. The molecular formula is C29H37N3O6Si. The van der Waals surface area contributed by atoms with Gasteiger partial charge in [0.2, 0.25) is 0 Å². The molecule has 208 valence electrons. The smallest absolute Gasteiger partial charge is 0.362 e. The number of nitrogens with zero attached hydrogens (tertiary/aromatic N) is 2. The van der Waals surface area contributed by atoms with Crippen molar-refractivity contribution in [2.75, 3.05) is 20.3 Å². The molecule has 0 amide bonds. The summed E-state index contributed by atoms with van der Waals surface area (Å²) in [6.07, 6.45) is 1.43. The molecule has 1 fully saturated rings. The Morgan fingerprint density at radius 3 is 2.15 bits per heavy atom. The van der Waals surface area contributed by atoms with Crippen LogP contribution in [0.25, 0.3) is 0 Å². The summed E-state index contributed by atoms with van der Waals surface area (Å²) in [7, 11) is -1.14. The van der Waals surface area contributed by atoms with Gasteiger partial charge in [0.05, 0.1) is 19.3 Å². The summed E-state index contributed by atoms with van der Waals surface area (Å²) in [5, 5.41) is 3.59. The van der Waals surface area contributed by atoms with Gasteiger partial charge in [-0.25, -0.2) is 9.59 Å². The zero-order valence-electron chi connectivity index (χ0n) is 23.4. The van der Waals surface area contributed by atoms with E-state index in [0.29, 0.717) is 0 Å².